The molecule has 2 aromatic carbocycles. The molecule has 6 nitrogen and oxygen atoms in total. The second-order valence-corrected chi connectivity index (χ2v) is 7.58. The molecule has 6 heteroatoms. The van der Waals surface area contributed by atoms with E-state index in [0.29, 0.717) is 30.8 Å². The van der Waals surface area contributed by atoms with Crippen molar-refractivity contribution in [1.29, 1.82) is 0 Å². The van der Waals surface area contributed by atoms with Gasteiger partial charge in [0.05, 0.1) is 0 Å². The van der Waals surface area contributed by atoms with Crippen LogP contribution in [0.2, 0.25) is 0 Å². The van der Waals surface area contributed by atoms with Crippen LogP contribution in [0.1, 0.15) is 42.6 Å². The molecule has 3 rings (SSSR count). The summed E-state index contributed by atoms with van der Waals surface area (Å²) < 4.78 is 0. The van der Waals surface area contributed by atoms with E-state index in [-0.39, 0.29) is 23.6 Å². The predicted octanol–water partition coefficient (Wildman–Crippen LogP) is 3.20. The normalized spacial score (nSPS) is 16.0. The summed E-state index contributed by atoms with van der Waals surface area (Å²) in [4.78, 5) is 38.9. The molecule has 1 heterocycles. The highest BCUT2D eigenvalue weighted by Gasteiger charge is 2.34. The molecule has 1 fully saturated rings. The van der Waals surface area contributed by atoms with Crippen LogP contribution in [0.4, 0.5) is 5.69 Å². The summed E-state index contributed by atoms with van der Waals surface area (Å²) >= 11 is 0. The summed E-state index contributed by atoms with van der Waals surface area (Å²) in [6.45, 7) is 4.77. The van der Waals surface area contributed by atoms with Gasteiger partial charge in [0, 0.05) is 30.3 Å². The molecule has 1 aliphatic heterocycles. The lowest BCUT2D eigenvalue weighted by Crippen LogP contribution is -2.44. The van der Waals surface area contributed by atoms with E-state index >= 15 is 0 Å². The van der Waals surface area contributed by atoms with Gasteiger partial charge in [-0.15, -0.1) is 0 Å². The fourth-order valence-corrected chi connectivity index (χ4v) is 3.45. The van der Waals surface area contributed by atoms with Crippen LogP contribution in [0.3, 0.4) is 0 Å². The Balaban J connectivity index is 1.56. The topological polar surface area (TPSA) is 78.5 Å². The molecule has 0 aliphatic carbocycles. The van der Waals surface area contributed by atoms with Gasteiger partial charge in [0.2, 0.25) is 11.8 Å². The Morgan fingerprint density at radius 3 is 2.38 bits per heavy atom. The first-order valence-electron chi connectivity index (χ1n) is 9.99. The number of nitrogens with one attached hydrogen (secondary N) is 2. The summed E-state index contributed by atoms with van der Waals surface area (Å²) in [5.41, 5.74) is 2.16. The minimum atomic E-state index is -0.432. The first-order chi connectivity index (χ1) is 14.0. The number of nitrogens with zero attached hydrogens (tertiary/aromatic N) is 1. The maximum atomic E-state index is 12.6. The van der Waals surface area contributed by atoms with Crippen molar-refractivity contribution < 1.29 is 14.4 Å². The van der Waals surface area contributed by atoms with Crippen molar-refractivity contribution >= 4 is 23.4 Å². The molecule has 3 amide bonds. The van der Waals surface area contributed by atoms with Crippen LogP contribution in [-0.4, -0.2) is 35.2 Å². The van der Waals surface area contributed by atoms with Gasteiger partial charge >= 0.3 is 0 Å². The smallest absolute Gasteiger partial charge is 0.251 e. The molecule has 152 valence electrons. The van der Waals surface area contributed by atoms with Crippen molar-refractivity contribution in [3.05, 3.63) is 65.7 Å². The van der Waals surface area contributed by atoms with Crippen LogP contribution in [0, 0.1) is 5.92 Å². The lowest BCUT2D eigenvalue weighted by Gasteiger charge is -2.25. The number of rotatable bonds is 6. The Kier molecular flexibility index (Phi) is 6.65. The van der Waals surface area contributed by atoms with E-state index < -0.39 is 6.04 Å². The Hall–Kier alpha value is -3.15. The molecule has 1 saturated heterocycles. The molecule has 1 aliphatic rings. The lowest BCUT2D eigenvalue weighted by atomic mass is 10.1. The van der Waals surface area contributed by atoms with Crippen LogP contribution in [0.25, 0.3) is 0 Å². The van der Waals surface area contributed by atoms with Gasteiger partial charge in [0.25, 0.3) is 5.91 Å². The highest BCUT2D eigenvalue weighted by Crippen LogP contribution is 2.21. The third-order valence-corrected chi connectivity index (χ3v) is 5.04. The number of hydrogen-bond acceptors (Lipinski definition) is 3. The minimum absolute atomic E-state index is 0.00749. The van der Waals surface area contributed by atoms with E-state index in [0.717, 1.165) is 12.0 Å². The van der Waals surface area contributed by atoms with Gasteiger partial charge in [-0.2, -0.15) is 0 Å². The van der Waals surface area contributed by atoms with Crippen LogP contribution in [0.5, 0.6) is 0 Å². The molecule has 2 N–H and O–H groups in total. The molecule has 29 heavy (non-hydrogen) atoms. The summed E-state index contributed by atoms with van der Waals surface area (Å²) in [5, 5.41) is 5.75. The zero-order valence-corrected chi connectivity index (χ0v) is 16.9. The second-order valence-electron chi connectivity index (χ2n) is 7.58. The second kappa shape index (κ2) is 9.37. The molecule has 0 aromatic heterocycles. The summed E-state index contributed by atoms with van der Waals surface area (Å²) in [7, 11) is 0. The lowest BCUT2D eigenvalue weighted by molar-refractivity contribution is -0.139. The maximum Gasteiger partial charge on any atom is 0.251 e. The van der Waals surface area contributed by atoms with Gasteiger partial charge in [-0.1, -0.05) is 44.2 Å². The predicted molar refractivity (Wildman–Crippen MR) is 112 cm³/mol. The molecule has 0 saturated carbocycles. The van der Waals surface area contributed by atoms with E-state index in [1.54, 1.807) is 29.2 Å². The van der Waals surface area contributed by atoms with Crippen LogP contribution < -0.4 is 10.6 Å². The molecule has 0 radical (unpaired) electrons. The summed E-state index contributed by atoms with van der Waals surface area (Å²) in [6, 6.07) is 16.0. The standard InChI is InChI=1S/C23H27N3O3/c1-16(2)23(29)26-14-6-9-20(26)22(28)25-19-12-10-18(11-13-19)21(27)24-15-17-7-4-3-5-8-17/h3-5,7-8,10-13,16,20H,6,9,14-15H2,1-2H3,(H,24,27)(H,25,28). The molecular formula is C23H27N3O3. The Labute approximate surface area is 171 Å². The van der Waals surface area contributed by atoms with Crippen molar-refractivity contribution in [3.8, 4) is 0 Å². The Bertz CT molecular complexity index is 863. The number of hydrogen-bond donors (Lipinski definition) is 2. The van der Waals surface area contributed by atoms with Crippen molar-refractivity contribution in [2.75, 3.05) is 11.9 Å². The maximum absolute atomic E-state index is 12.6. The van der Waals surface area contributed by atoms with Gasteiger partial charge in [-0.3, -0.25) is 14.4 Å². The quantitative estimate of drug-likeness (QED) is 0.791. The van der Waals surface area contributed by atoms with Crippen LogP contribution in [0.15, 0.2) is 54.6 Å². The van der Waals surface area contributed by atoms with Gasteiger partial charge in [0.15, 0.2) is 0 Å². The monoisotopic (exact) mass is 393 g/mol. The van der Waals surface area contributed by atoms with Crippen LogP contribution in [-0.2, 0) is 16.1 Å². The van der Waals surface area contributed by atoms with Crippen molar-refractivity contribution in [3.63, 3.8) is 0 Å². The number of amides is 3. The zero-order valence-electron chi connectivity index (χ0n) is 16.9. The molecule has 0 spiro atoms. The number of carbonyl (C=O) groups is 3. The first kappa shape index (κ1) is 20.6. The van der Waals surface area contributed by atoms with Gasteiger partial charge in [0.1, 0.15) is 6.04 Å². The third-order valence-electron chi connectivity index (χ3n) is 5.04. The fraction of sp³-hybridized carbons (Fsp3) is 0.348. The summed E-state index contributed by atoms with van der Waals surface area (Å²) in [5.74, 6) is -0.473. The van der Waals surface area contributed by atoms with Crippen molar-refractivity contribution in [2.24, 2.45) is 5.92 Å². The van der Waals surface area contributed by atoms with E-state index in [9.17, 15) is 14.4 Å². The third kappa shape index (κ3) is 5.22. The Morgan fingerprint density at radius 1 is 1.03 bits per heavy atom. The largest absolute Gasteiger partial charge is 0.348 e. The molecular weight excluding hydrogens is 366 g/mol. The van der Waals surface area contributed by atoms with E-state index in [4.69, 9.17) is 0 Å². The number of anilines is 1. The van der Waals surface area contributed by atoms with Gasteiger partial charge < -0.3 is 15.5 Å². The molecule has 1 atom stereocenters. The van der Waals surface area contributed by atoms with Gasteiger partial charge in [-0.05, 0) is 42.7 Å². The summed E-state index contributed by atoms with van der Waals surface area (Å²) in [6.07, 6.45) is 1.50. The fourth-order valence-electron chi connectivity index (χ4n) is 3.45. The Morgan fingerprint density at radius 2 is 1.72 bits per heavy atom. The number of likely N-dealkylation sites (tertiary alicyclic amines) is 1. The molecule has 0 bridgehead atoms. The molecule has 2 aromatic rings. The van der Waals surface area contributed by atoms with Crippen molar-refractivity contribution in [1.82, 2.24) is 10.2 Å². The average molecular weight is 393 g/mol. The minimum Gasteiger partial charge on any atom is -0.348 e. The van der Waals surface area contributed by atoms with E-state index in [2.05, 4.69) is 10.6 Å². The highest BCUT2D eigenvalue weighted by molar-refractivity contribution is 5.99. The average Bonchev–Trinajstić information content (AvgIpc) is 3.22. The SMILES string of the molecule is CC(C)C(=O)N1CCCC1C(=O)Nc1ccc(C(=O)NCc2ccccc2)cc1. The van der Waals surface area contributed by atoms with Gasteiger partial charge in [-0.25, -0.2) is 0 Å². The van der Waals surface area contributed by atoms with Crippen LogP contribution >= 0.6 is 0 Å². The zero-order chi connectivity index (χ0) is 20.8. The number of carbonyl (C=O) groups excluding carboxylic acids is 3. The van der Waals surface area contributed by atoms with E-state index in [1.807, 2.05) is 44.2 Å². The number of benzene rings is 2. The molecule has 1 unspecified atom stereocenters. The first-order valence-corrected chi connectivity index (χ1v) is 9.99. The van der Waals surface area contributed by atoms with E-state index in [1.165, 1.54) is 0 Å². The van der Waals surface area contributed by atoms with Crippen molar-refractivity contribution in [2.45, 2.75) is 39.3 Å². The highest BCUT2D eigenvalue weighted by atomic mass is 16.2.